The number of benzene rings is 2. The Labute approximate surface area is 185 Å². The third kappa shape index (κ3) is 3.20. The molecule has 7 heteroatoms. The second-order valence-electron chi connectivity index (χ2n) is 8.43. The first-order valence-corrected chi connectivity index (χ1v) is 10.8. The fourth-order valence-corrected chi connectivity index (χ4v) is 5.17. The second-order valence-corrected chi connectivity index (χ2v) is 8.43. The molecular formula is C25H24FN3O3. The maximum absolute atomic E-state index is 13.8. The van der Waals surface area contributed by atoms with Gasteiger partial charge in [-0.05, 0) is 55.2 Å². The van der Waals surface area contributed by atoms with Crippen LogP contribution in [0.3, 0.4) is 0 Å². The molecule has 164 valence electrons. The Morgan fingerprint density at radius 3 is 2.38 bits per heavy atom. The number of hydrogen-bond donors (Lipinski definition) is 0. The maximum atomic E-state index is 13.8. The average Bonchev–Trinajstić information content (AvgIpc) is 3.30. The predicted octanol–water partition coefficient (Wildman–Crippen LogP) is 3.69. The second kappa shape index (κ2) is 7.89. The lowest BCUT2D eigenvalue weighted by atomic mass is 9.79. The number of methoxy groups -OCH3 is 1. The lowest BCUT2D eigenvalue weighted by Gasteiger charge is -2.43. The molecule has 0 bridgehead atoms. The Hall–Kier alpha value is -3.48. The molecule has 0 N–H and O–H groups in total. The zero-order valence-electron chi connectivity index (χ0n) is 18.0. The first kappa shape index (κ1) is 20.4. The van der Waals surface area contributed by atoms with E-state index in [1.54, 1.807) is 30.8 Å². The molecule has 1 aromatic heterocycles. The van der Waals surface area contributed by atoms with Crippen LogP contribution in [0.5, 0.6) is 5.75 Å². The number of hydrogen-bond acceptors (Lipinski definition) is 4. The number of aromatic nitrogens is 2. The van der Waals surface area contributed by atoms with Gasteiger partial charge in [-0.3, -0.25) is 14.3 Å². The normalized spacial score (nSPS) is 20.6. The number of fused-ring (bicyclic) bond motifs is 2. The van der Waals surface area contributed by atoms with E-state index in [0.717, 1.165) is 29.7 Å². The molecule has 0 unspecified atom stereocenters. The van der Waals surface area contributed by atoms with Crippen LogP contribution in [0.25, 0.3) is 0 Å². The van der Waals surface area contributed by atoms with Gasteiger partial charge in [-0.1, -0.05) is 24.3 Å². The first-order valence-electron chi connectivity index (χ1n) is 10.8. The van der Waals surface area contributed by atoms with Gasteiger partial charge in [0.1, 0.15) is 17.3 Å². The van der Waals surface area contributed by atoms with Gasteiger partial charge >= 0.3 is 0 Å². The standard InChI is InChI=1S/C25H24FN3O3/c1-15-21(30)14-27-29-23(15)25(31)28-13-3-4-20(28)24(29)22(16-5-9-18(26)10-6-16)17-7-11-19(32-2)12-8-17/h5-12,14,20,22,24H,3-4,13H2,1-2H3/t20-,22-,24-/m1/s1. The minimum absolute atomic E-state index is 0.0680. The van der Waals surface area contributed by atoms with Crippen molar-refractivity contribution in [3.05, 3.63) is 93.2 Å². The van der Waals surface area contributed by atoms with Crippen molar-refractivity contribution in [3.8, 4) is 5.75 Å². The molecule has 2 aromatic carbocycles. The molecule has 3 heterocycles. The van der Waals surface area contributed by atoms with Crippen LogP contribution < -0.4 is 10.2 Å². The Bertz CT molecular complexity index is 1220. The van der Waals surface area contributed by atoms with E-state index in [1.807, 2.05) is 29.2 Å². The summed E-state index contributed by atoms with van der Waals surface area (Å²) in [5.41, 5.74) is 2.44. The molecule has 5 rings (SSSR count). The van der Waals surface area contributed by atoms with Crippen molar-refractivity contribution in [2.45, 2.75) is 37.8 Å². The monoisotopic (exact) mass is 433 g/mol. The van der Waals surface area contributed by atoms with Gasteiger partial charge in [0.15, 0.2) is 0 Å². The number of carbonyl (C=O) groups excluding carboxylic acids is 1. The third-order valence-electron chi connectivity index (χ3n) is 6.74. The van der Waals surface area contributed by atoms with Crippen molar-refractivity contribution in [1.29, 1.82) is 0 Å². The molecule has 0 radical (unpaired) electrons. The van der Waals surface area contributed by atoms with E-state index in [0.29, 0.717) is 17.8 Å². The van der Waals surface area contributed by atoms with Gasteiger partial charge in [-0.2, -0.15) is 5.10 Å². The quantitative estimate of drug-likeness (QED) is 0.630. The lowest BCUT2D eigenvalue weighted by molar-refractivity contribution is 0.0571. The van der Waals surface area contributed by atoms with E-state index < -0.39 is 0 Å². The zero-order valence-corrected chi connectivity index (χ0v) is 18.0. The minimum Gasteiger partial charge on any atom is -0.497 e. The van der Waals surface area contributed by atoms with E-state index in [-0.39, 0.29) is 35.2 Å². The van der Waals surface area contributed by atoms with E-state index in [9.17, 15) is 14.0 Å². The molecule has 1 amide bonds. The van der Waals surface area contributed by atoms with Gasteiger partial charge in [0, 0.05) is 18.0 Å². The summed E-state index contributed by atoms with van der Waals surface area (Å²) in [5.74, 6) is 0.0971. The summed E-state index contributed by atoms with van der Waals surface area (Å²) in [6, 6.07) is 14.0. The molecular weight excluding hydrogens is 409 g/mol. The zero-order chi connectivity index (χ0) is 22.4. The Kier molecular flexibility index (Phi) is 5.04. The third-order valence-corrected chi connectivity index (χ3v) is 6.74. The van der Waals surface area contributed by atoms with Crippen LogP contribution in [0, 0.1) is 12.7 Å². The summed E-state index contributed by atoms with van der Waals surface area (Å²) in [4.78, 5) is 27.5. The van der Waals surface area contributed by atoms with Gasteiger partial charge in [0.25, 0.3) is 5.91 Å². The van der Waals surface area contributed by atoms with Gasteiger partial charge in [0.05, 0.1) is 25.4 Å². The molecule has 0 aliphatic carbocycles. The van der Waals surface area contributed by atoms with Crippen molar-refractivity contribution in [3.63, 3.8) is 0 Å². The largest absolute Gasteiger partial charge is 0.497 e. The van der Waals surface area contributed by atoms with Gasteiger partial charge in [-0.25, -0.2) is 4.39 Å². The summed E-state index contributed by atoms with van der Waals surface area (Å²) in [5, 5.41) is 4.45. The van der Waals surface area contributed by atoms with Crippen molar-refractivity contribution >= 4 is 5.91 Å². The highest BCUT2D eigenvalue weighted by Gasteiger charge is 2.47. The lowest BCUT2D eigenvalue weighted by Crippen LogP contribution is -2.51. The predicted molar refractivity (Wildman–Crippen MR) is 118 cm³/mol. The highest BCUT2D eigenvalue weighted by molar-refractivity contribution is 5.95. The fraction of sp³-hybridized carbons (Fsp3) is 0.320. The molecule has 0 spiro atoms. The topological polar surface area (TPSA) is 64.4 Å². The highest BCUT2D eigenvalue weighted by Crippen LogP contribution is 2.45. The van der Waals surface area contributed by atoms with Crippen LogP contribution >= 0.6 is 0 Å². The highest BCUT2D eigenvalue weighted by atomic mass is 19.1. The summed E-state index contributed by atoms with van der Waals surface area (Å²) in [7, 11) is 1.62. The van der Waals surface area contributed by atoms with Crippen molar-refractivity contribution in [2.75, 3.05) is 13.7 Å². The van der Waals surface area contributed by atoms with Crippen LogP contribution in [-0.2, 0) is 0 Å². The van der Waals surface area contributed by atoms with Crippen LogP contribution in [0.4, 0.5) is 4.39 Å². The Morgan fingerprint density at radius 2 is 1.72 bits per heavy atom. The molecule has 0 saturated carbocycles. The van der Waals surface area contributed by atoms with Gasteiger partial charge in [-0.15, -0.1) is 0 Å². The molecule has 2 aliphatic rings. The molecule has 3 aromatic rings. The van der Waals surface area contributed by atoms with Crippen molar-refractivity contribution < 1.29 is 13.9 Å². The summed E-state index contributed by atoms with van der Waals surface area (Å²) in [6.07, 6.45) is 3.03. The van der Waals surface area contributed by atoms with E-state index >= 15 is 0 Å². The van der Waals surface area contributed by atoms with Gasteiger partial charge < -0.3 is 9.64 Å². The molecule has 1 fully saturated rings. The summed E-state index contributed by atoms with van der Waals surface area (Å²) in [6.45, 7) is 2.34. The average molecular weight is 433 g/mol. The smallest absolute Gasteiger partial charge is 0.272 e. The maximum Gasteiger partial charge on any atom is 0.272 e. The number of nitrogens with zero attached hydrogens (tertiary/aromatic N) is 3. The van der Waals surface area contributed by atoms with Crippen molar-refractivity contribution in [2.24, 2.45) is 0 Å². The summed E-state index contributed by atoms with van der Waals surface area (Å²) < 4.78 is 20.8. The molecule has 32 heavy (non-hydrogen) atoms. The van der Waals surface area contributed by atoms with E-state index in [2.05, 4.69) is 5.10 Å². The Morgan fingerprint density at radius 1 is 1.06 bits per heavy atom. The minimum atomic E-state index is -0.304. The summed E-state index contributed by atoms with van der Waals surface area (Å²) >= 11 is 0. The van der Waals surface area contributed by atoms with Crippen LogP contribution in [0.1, 0.15) is 52.0 Å². The van der Waals surface area contributed by atoms with E-state index in [4.69, 9.17) is 4.74 Å². The number of ether oxygens (including phenoxy) is 1. The number of amides is 1. The molecule has 6 nitrogen and oxygen atoms in total. The number of halogens is 1. The van der Waals surface area contributed by atoms with Crippen LogP contribution in [0.15, 0.2) is 59.5 Å². The number of rotatable bonds is 4. The fourth-order valence-electron chi connectivity index (χ4n) is 5.17. The Balaban J connectivity index is 1.75. The number of carbonyl (C=O) groups is 1. The molecule has 3 atom stereocenters. The SMILES string of the molecule is COc1ccc([C@@H](c2ccc(F)cc2)[C@H]2[C@H]3CCCN3C(=O)c3c(C)c(=O)cnn32)cc1. The first-order chi connectivity index (χ1) is 15.5. The molecule has 1 saturated heterocycles. The van der Waals surface area contributed by atoms with Crippen LogP contribution in [-0.4, -0.2) is 40.3 Å². The molecule has 2 aliphatic heterocycles. The van der Waals surface area contributed by atoms with E-state index in [1.165, 1.54) is 18.3 Å². The van der Waals surface area contributed by atoms with Crippen LogP contribution in [0.2, 0.25) is 0 Å². The van der Waals surface area contributed by atoms with Gasteiger partial charge in [0.2, 0.25) is 5.43 Å². The van der Waals surface area contributed by atoms with Crippen molar-refractivity contribution in [1.82, 2.24) is 14.7 Å².